The number of halogens is 2. The second kappa shape index (κ2) is 5.72. The lowest BCUT2D eigenvalue weighted by molar-refractivity contribution is -0.140. The number of aliphatic hydroxyl groups is 1. The Balaban J connectivity index is 2.46. The number of nitrogens with zero attached hydrogens (tertiary/aromatic N) is 1. The molecule has 9 heteroatoms. The molecule has 0 aromatic heterocycles. The summed E-state index contributed by atoms with van der Waals surface area (Å²) in [6.45, 7) is -0.220. The van der Waals surface area contributed by atoms with Crippen molar-refractivity contribution in [2.45, 2.75) is 23.5 Å². The molecule has 110 valence electrons. The summed E-state index contributed by atoms with van der Waals surface area (Å²) in [5.41, 5.74) is 0. The van der Waals surface area contributed by atoms with Crippen LogP contribution in [0.25, 0.3) is 0 Å². The number of hydrogen-bond acceptors (Lipinski definition) is 4. The van der Waals surface area contributed by atoms with Gasteiger partial charge in [0.1, 0.15) is 6.04 Å². The molecule has 1 unspecified atom stereocenters. The molecule has 1 heterocycles. The van der Waals surface area contributed by atoms with Crippen molar-refractivity contribution in [2.75, 3.05) is 6.54 Å². The lowest BCUT2D eigenvalue weighted by atomic mass is 10.2. The predicted octanol–water partition coefficient (Wildman–Crippen LogP) is 1.42. The van der Waals surface area contributed by atoms with E-state index in [0.717, 1.165) is 4.31 Å². The normalized spacial score (nSPS) is 23.9. The van der Waals surface area contributed by atoms with Gasteiger partial charge in [0, 0.05) is 21.9 Å². The standard InChI is InChI=1S/C11H11Br2NO5S/c12-6-1-2-10(8(13)3-6)20(18,19)14-5-7(15)4-9(14)11(16)17/h1-3,7,9,15H,4-5H2,(H,16,17)/t7?,9-/m0/s1. The van der Waals surface area contributed by atoms with Gasteiger partial charge in [-0.1, -0.05) is 15.9 Å². The molecule has 2 N–H and O–H groups in total. The van der Waals surface area contributed by atoms with Crippen molar-refractivity contribution >= 4 is 47.9 Å². The molecule has 0 spiro atoms. The number of aliphatic carboxylic acids is 1. The zero-order valence-corrected chi connectivity index (χ0v) is 14.0. The van der Waals surface area contributed by atoms with Crippen LogP contribution in [0.15, 0.2) is 32.0 Å². The monoisotopic (exact) mass is 427 g/mol. The van der Waals surface area contributed by atoms with Crippen LogP contribution in [0.1, 0.15) is 6.42 Å². The number of rotatable bonds is 3. The van der Waals surface area contributed by atoms with Gasteiger partial charge in [-0.3, -0.25) is 4.79 Å². The number of benzene rings is 1. The van der Waals surface area contributed by atoms with Gasteiger partial charge in [-0.2, -0.15) is 4.31 Å². The number of carboxylic acid groups (broad SMARTS) is 1. The van der Waals surface area contributed by atoms with Crippen molar-refractivity contribution in [2.24, 2.45) is 0 Å². The minimum atomic E-state index is -3.99. The lowest BCUT2D eigenvalue weighted by Gasteiger charge is -2.21. The fourth-order valence-electron chi connectivity index (χ4n) is 2.09. The SMILES string of the molecule is O=C(O)[C@@H]1CC(O)CN1S(=O)(=O)c1ccc(Br)cc1Br. The fourth-order valence-corrected chi connectivity index (χ4v) is 5.42. The van der Waals surface area contributed by atoms with Gasteiger partial charge in [-0.15, -0.1) is 0 Å². The van der Waals surface area contributed by atoms with Crippen molar-refractivity contribution in [3.05, 3.63) is 27.1 Å². The molecular weight excluding hydrogens is 418 g/mol. The van der Waals surface area contributed by atoms with Crippen LogP contribution in [0.2, 0.25) is 0 Å². The van der Waals surface area contributed by atoms with Crippen molar-refractivity contribution in [1.82, 2.24) is 4.31 Å². The lowest BCUT2D eigenvalue weighted by Crippen LogP contribution is -2.40. The van der Waals surface area contributed by atoms with Crippen LogP contribution in [0, 0.1) is 0 Å². The van der Waals surface area contributed by atoms with Gasteiger partial charge in [-0.25, -0.2) is 8.42 Å². The summed E-state index contributed by atoms with van der Waals surface area (Å²) in [7, 11) is -3.99. The van der Waals surface area contributed by atoms with Gasteiger partial charge in [0.15, 0.2) is 0 Å². The number of β-amino-alcohol motifs (C(OH)–C–C–N with tert-alkyl or cyclic N) is 1. The van der Waals surface area contributed by atoms with Crippen LogP contribution in [0.4, 0.5) is 0 Å². The summed E-state index contributed by atoms with van der Waals surface area (Å²) in [5.74, 6) is -1.27. The number of carbonyl (C=O) groups is 1. The van der Waals surface area contributed by atoms with Crippen LogP contribution < -0.4 is 0 Å². The smallest absolute Gasteiger partial charge is 0.322 e. The summed E-state index contributed by atoms with van der Waals surface area (Å²) in [6, 6.07) is 3.26. The first-order valence-electron chi connectivity index (χ1n) is 5.61. The Labute approximate surface area is 132 Å². The first-order chi connectivity index (χ1) is 9.23. The number of carboxylic acids is 1. The Hall–Kier alpha value is -0.480. The Morgan fingerprint density at radius 3 is 2.55 bits per heavy atom. The minimum absolute atomic E-state index is 0.0268. The molecule has 2 atom stereocenters. The van der Waals surface area contributed by atoms with Gasteiger partial charge >= 0.3 is 5.97 Å². The average Bonchev–Trinajstić information content (AvgIpc) is 2.71. The topological polar surface area (TPSA) is 94.9 Å². The number of hydrogen-bond donors (Lipinski definition) is 2. The second-order valence-electron chi connectivity index (χ2n) is 4.39. The van der Waals surface area contributed by atoms with E-state index in [1.165, 1.54) is 6.07 Å². The molecule has 6 nitrogen and oxygen atoms in total. The summed E-state index contributed by atoms with van der Waals surface area (Å²) >= 11 is 6.37. The third-order valence-electron chi connectivity index (χ3n) is 3.00. The van der Waals surface area contributed by atoms with Crippen LogP contribution >= 0.6 is 31.9 Å². The van der Waals surface area contributed by atoms with E-state index in [0.29, 0.717) is 8.95 Å². The van der Waals surface area contributed by atoms with Crippen molar-refractivity contribution < 1.29 is 23.4 Å². The van der Waals surface area contributed by atoms with Gasteiger partial charge in [0.25, 0.3) is 0 Å². The van der Waals surface area contributed by atoms with E-state index < -0.39 is 28.1 Å². The van der Waals surface area contributed by atoms with E-state index in [9.17, 15) is 18.3 Å². The van der Waals surface area contributed by atoms with E-state index in [2.05, 4.69) is 31.9 Å². The maximum Gasteiger partial charge on any atom is 0.322 e. The highest BCUT2D eigenvalue weighted by molar-refractivity contribution is 9.11. The molecule has 0 amide bonds. The molecule has 1 fully saturated rings. The van der Waals surface area contributed by atoms with E-state index in [-0.39, 0.29) is 17.9 Å². The molecule has 0 radical (unpaired) electrons. The van der Waals surface area contributed by atoms with Crippen LogP contribution in [-0.4, -0.2) is 47.6 Å². The van der Waals surface area contributed by atoms with Gasteiger partial charge in [-0.05, 0) is 34.1 Å². The van der Waals surface area contributed by atoms with Crippen LogP contribution in [0.3, 0.4) is 0 Å². The predicted molar refractivity (Wildman–Crippen MR) is 77.8 cm³/mol. The van der Waals surface area contributed by atoms with Gasteiger partial charge < -0.3 is 10.2 Å². The Morgan fingerprint density at radius 2 is 2.00 bits per heavy atom. The van der Waals surface area contributed by atoms with E-state index in [1.807, 2.05) is 0 Å². The van der Waals surface area contributed by atoms with Crippen molar-refractivity contribution in [3.8, 4) is 0 Å². The average molecular weight is 429 g/mol. The molecule has 0 aliphatic carbocycles. The van der Waals surface area contributed by atoms with Crippen LogP contribution in [-0.2, 0) is 14.8 Å². The maximum absolute atomic E-state index is 12.5. The maximum atomic E-state index is 12.5. The minimum Gasteiger partial charge on any atom is -0.480 e. The first kappa shape index (κ1) is 15.9. The third-order valence-corrected chi connectivity index (χ3v) is 6.34. The zero-order chi connectivity index (χ0) is 15.1. The summed E-state index contributed by atoms with van der Waals surface area (Å²) in [5, 5.41) is 18.6. The zero-order valence-electron chi connectivity index (χ0n) is 10.0. The highest BCUT2D eigenvalue weighted by Gasteiger charge is 2.44. The summed E-state index contributed by atoms with van der Waals surface area (Å²) in [4.78, 5) is 11.1. The molecule has 1 saturated heterocycles. The van der Waals surface area contributed by atoms with Crippen LogP contribution in [0.5, 0.6) is 0 Å². The summed E-state index contributed by atoms with van der Waals surface area (Å²) < 4.78 is 26.9. The quantitative estimate of drug-likeness (QED) is 0.759. The molecule has 0 bridgehead atoms. The number of aliphatic hydroxyl groups excluding tert-OH is 1. The first-order valence-corrected chi connectivity index (χ1v) is 8.64. The molecule has 1 aliphatic rings. The number of sulfonamides is 1. The Morgan fingerprint density at radius 1 is 1.35 bits per heavy atom. The van der Waals surface area contributed by atoms with Gasteiger partial charge in [0.05, 0.1) is 11.0 Å². The third kappa shape index (κ3) is 2.91. The molecule has 1 aromatic rings. The van der Waals surface area contributed by atoms with E-state index in [4.69, 9.17) is 5.11 Å². The van der Waals surface area contributed by atoms with Crippen molar-refractivity contribution in [1.29, 1.82) is 0 Å². The Kier molecular flexibility index (Phi) is 4.55. The molecule has 2 rings (SSSR count). The highest BCUT2D eigenvalue weighted by Crippen LogP contribution is 2.32. The summed E-state index contributed by atoms with van der Waals surface area (Å²) in [6.07, 6.45) is -1.08. The van der Waals surface area contributed by atoms with E-state index in [1.54, 1.807) is 12.1 Å². The second-order valence-corrected chi connectivity index (χ2v) is 8.02. The van der Waals surface area contributed by atoms with Gasteiger partial charge in [0.2, 0.25) is 10.0 Å². The Bertz CT molecular complexity index is 648. The molecule has 1 aromatic carbocycles. The highest BCUT2D eigenvalue weighted by atomic mass is 79.9. The van der Waals surface area contributed by atoms with Crippen molar-refractivity contribution in [3.63, 3.8) is 0 Å². The molecule has 1 aliphatic heterocycles. The molecule has 0 saturated carbocycles. The van der Waals surface area contributed by atoms with E-state index >= 15 is 0 Å². The molecule has 20 heavy (non-hydrogen) atoms. The molecular formula is C11H11Br2NO5S. The largest absolute Gasteiger partial charge is 0.480 e. The fraction of sp³-hybridized carbons (Fsp3) is 0.364.